The summed E-state index contributed by atoms with van der Waals surface area (Å²) >= 11 is 0. The topological polar surface area (TPSA) is 17.8 Å². The van der Waals surface area contributed by atoms with Crippen molar-refractivity contribution in [3.8, 4) is 0 Å². The van der Waals surface area contributed by atoms with Crippen LogP contribution in [0.15, 0.2) is 6.20 Å². The van der Waals surface area contributed by atoms with Crippen molar-refractivity contribution < 1.29 is 13.2 Å². The Morgan fingerprint density at radius 2 is 2.00 bits per heavy atom. The second kappa shape index (κ2) is 3.16. The molecule has 0 fully saturated rings. The Balaban J connectivity index is 3.12. The van der Waals surface area contributed by atoms with E-state index in [9.17, 15) is 13.2 Å². The first kappa shape index (κ1) is 9.09. The molecule has 12 heavy (non-hydrogen) atoms. The van der Waals surface area contributed by atoms with Gasteiger partial charge in [-0.2, -0.15) is 13.9 Å². The highest BCUT2D eigenvalue weighted by molar-refractivity contribution is 5.08. The lowest BCUT2D eigenvalue weighted by atomic mass is 10.1. The molecule has 1 rings (SSSR count). The molecule has 1 aromatic rings. The molecule has 0 aliphatic rings. The van der Waals surface area contributed by atoms with Crippen LogP contribution in [0, 0.1) is 5.82 Å². The summed E-state index contributed by atoms with van der Waals surface area (Å²) in [6.45, 7) is 0.504. The fourth-order valence-electron chi connectivity index (χ4n) is 1.05. The number of halogens is 3. The van der Waals surface area contributed by atoms with Gasteiger partial charge in [-0.1, -0.05) is 13.8 Å². The molecular formula is C7H9F3N2. The van der Waals surface area contributed by atoms with Gasteiger partial charge in [0, 0.05) is 0 Å². The Labute approximate surface area is 68.0 Å². The van der Waals surface area contributed by atoms with Gasteiger partial charge < -0.3 is 0 Å². The molecule has 0 aliphatic carbocycles. The zero-order valence-electron chi connectivity index (χ0n) is 6.76. The van der Waals surface area contributed by atoms with Crippen LogP contribution in [0.2, 0.25) is 0 Å². The molecule has 5 heteroatoms. The van der Waals surface area contributed by atoms with Gasteiger partial charge in [-0.25, -0.2) is 9.07 Å². The first-order chi connectivity index (χ1) is 5.54. The fourth-order valence-corrected chi connectivity index (χ4v) is 1.05. The summed E-state index contributed by atoms with van der Waals surface area (Å²) in [5.41, 5.74) is -0.0509. The van der Waals surface area contributed by atoms with Crippen molar-refractivity contribution in [2.75, 3.05) is 0 Å². The summed E-state index contributed by atoms with van der Waals surface area (Å²) in [7, 11) is 0. The highest BCUT2D eigenvalue weighted by atomic mass is 19.3. The van der Waals surface area contributed by atoms with E-state index in [4.69, 9.17) is 0 Å². The maximum atomic E-state index is 12.8. The molecular weight excluding hydrogens is 169 g/mol. The predicted octanol–water partition coefficient (Wildman–Crippen LogP) is 2.54. The van der Waals surface area contributed by atoms with Crippen molar-refractivity contribution in [1.29, 1.82) is 0 Å². The van der Waals surface area contributed by atoms with Gasteiger partial charge in [0.1, 0.15) is 0 Å². The van der Waals surface area contributed by atoms with Gasteiger partial charge in [0.15, 0.2) is 5.82 Å². The molecule has 1 aromatic heterocycles. The second-order valence-electron chi connectivity index (χ2n) is 2.75. The average Bonchev–Trinajstić information content (AvgIpc) is 2.30. The Bertz CT molecular complexity index is 268. The monoisotopic (exact) mass is 178 g/mol. The molecule has 0 atom stereocenters. The van der Waals surface area contributed by atoms with Crippen molar-refractivity contribution in [2.45, 2.75) is 26.3 Å². The van der Waals surface area contributed by atoms with E-state index in [1.807, 2.05) is 0 Å². The average molecular weight is 178 g/mol. The lowest BCUT2D eigenvalue weighted by Crippen LogP contribution is -2.07. The van der Waals surface area contributed by atoms with Crippen molar-refractivity contribution in [3.63, 3.8) is 0 Å². The van der Waals surface area contributed by atoms with Gasteiger partial charge in [-0.3, -0.25) is 0 Å². The number of aromatic nitrogens is 2. The lowest BCUT2D eigenvalue weighted by Gasteiger charge is -2.08. The van der Waals surface area contributed by atoms with Gasteiger partial charge in [0.2, 0.25) is 0 Å². The molecule has 0 spiro atoms. The maximum Gasteiger partial charge on any atom is 0.333 e. The first-order valence-electron chi connectivity index (χ1n) is 3.55. The smallest absolute Gasteiger partial charge is 0.205 e. The summed E-state index contributed by atoms with van der Waals surface area (Å²) < 4.78 is 37.5. The summed E-state index contributed by atoms with van der Waals surface area (Å²) in [5.74, 6) is -0.966. The van der Waals surface area contributed by atoms with E-state index in [-0.39, 0.29) is 11.6 Å². The van der Waals surface area contributed by atoms with E-state index in [1.165, 1.54) is 0 Å². The maximum absolute atomic E-state index is 12.8. The van der Waals surface area contributed by atoms with E-state index >= 15 is 0 Å². The van der Waals surface area contributed by atoms with Crippen LogP contribution in [0.4, 0.5) is 13.2 Å². The van der Waals surface area contributed by atoms with Crippen LogP contribution in [0.5, 0.6) is 0 Å². The van der Waals surface area contributed by atoms with Crippen LogP contribution in [0.1, 0.15) is 32.0 Å². The Morgan fingerprint density at radius 3 is 2.33 bits per heavy atom. The first-order valence-corrected chi connectivity index (χ1v) is 3.55. The second-order valence-corrected chi connectivity index (χ2v) is 2.75. The molecule has 0 saturated heterocycles. The van der Waals surface area contributed by atoms with Crippen LogP contribution in [-0.4, -0.2) is 9.78 Å². The third kappa shape index (κ3) is 1.44. The van der Waals surface area contributed by atoms with Crippen molar-refractivity contribution in [3.05, 3.63) is 17.7 Å². The van der Waals surface area contributed by atoms with Gasteiger partial charge in [0.05, 0.1) is 11.9 Å². The summed E-state index contributed by atoms with van der Waals surface area (Å²) in [4.78, 5) is 0. The van der Waals surface area contributed by atoms with E-state index < -0.39 is 12.4 Å². The molecule has 0 unspecified atom stereocenters. The molecule has 2 nitrogen and oxygen atoms in total. The fraction of sp³-hybridized carbons (Fsp3) is 0.571. The minimum absolute atomic E-state index is 0.0509. The molecule has 0 saturated carbocycles. The van der Waals surface area contributed by atoms with E-state index in [1.54, 1.807) is 13.8 Å². The molecule has 0 aromatic carbocycles. The highest BCUT2D eigenvalue weighted by Gasteiger charge is 2.19. The highest BCUT2D eigenvalue weighted by Crippen LogP contribution is 2.22. The van der Waals surface area contributed by atoms with Crippen LogP contribution in [0.3, 0.4) is 0 Å². The van der Waals surface area contributed by atoms with Crippen molar-refractivity contribution in [1.82, 2.24) is 9.78 Å². The Kier molecular flexibility index (Phi) is 2.40. The van der Waals surface area contributed by atoms with E-state index in [2.05, 4.69) is 5.10 Å². The largest absolute Gasteiger partial charge is 0.333 e. The Morgan fingerprint density at radius 1 is 1.42 bits per heavy atom. The lowest BCUT2D eigenvalue weighted by molar-refractivity contribution is 0.0521. The zero-order valence-corrected chi connectivity index (χ0v) is 6.76. The minimum atomic E-state index is -2.77. The molecule has 0 N–H and O–H groups in total. The quantitative estimate of drug-likeness (QED) is 0.680. The van der Waals surface area contributed by atoms with Crippen LogP contribution < -0.4 is 0 Å². The SMILES string of the molecule is CC(C)c1c(F)cnn1C(F)F. The summed E-state index contributed by atoms with van der Waals surface area (Å²) in [5, 5.41) is 3.23. The minimum Gasteiger partial charge on any atom is -0.205 e. The van der Waals surface area contributed by atoms with Gasteiger partial charge in [0.25, 0.3) is 0 Å². The normalized spacial score (nSPS) is 11.6. The van der Waals surface area contributed by atoms with Crippen molar-refractivity contribution >= 4 is 0 Å². The number of rotatable bonds is 2. The number of hydrogen-bond acceptors (Lipinski definition) is 1. The van der Waals surface area contributed by atoms with Gasteiger partial charge >= 0.3 is 6.55 Å². The molecule has 0 aliphatic heterocycles. The third-order valence-corrected chi connectivity index (χ3v) is 1.52. The number of hydrogen-bond donors (Lipinski definition) is 0. The molecule has 0 radical (unpaired) electrons. The summed E-state index contributed by atoms with van der Waals surface area (Å²) in [6, 6.07) is 0. The van der Waals surface area contributed by atoms with E-state index in [0.29, 0.717) is 4.68 Å². The molecule has 1 heterocycles. The molecule has 0 amide bonds. The van der Waals surface area contributed by atoms with Gasteiger partial charge in [-0.15, -0.1) is 0 Å². The van der Waals surface area contributed by atoms with Crippen LogP contribution in [-0.2, 0) is 0 Å². The van der Waals surface area contributed by atoms with Crippen molar-refractivity contribution in [2.24, 2.45) is 0 Å². The Hall–Kier alpha value is -1.00. The third-order valence-electron chi connectivity index (χ3n) is 1.52. The molecule has 0 bridgehead atoms. The van der Waals surface area contributed by atoms with E-state index in [0.717, 1.165) is 6.20 Å². The molecule has 68 valence electrons. The van der Waals surface area contributed by atoms with Crippen LogP contribution in [0.25, 0.3) is 0 Å². The predicted molar refractivity (Wildman–Crippen MR) is 37.5 cm³/mol. The summed E-state index contributed by atoms with van der Waals surface area (Å²) in [6.07, 6.45) is 0.807. The standard InChI is InChI=1S/C7H9F3N2/c1-4(2)6-5(8)3-11-12(6)7(9)10/h3-4,7H,1-2H3. The number of nitrogens with zero attached hydrogens (tertiary/aromatic N) is 2. The van der Waals surface area contributed by atoms with Gasteiger partial charge in [-0.05, 0) is 5.92 Å². The zero-order chi connectivity index (χ0) is 9.30. The van der Waals surface area contributed by atoms with Crippen LogP contribution >= 0.6 is 0 Å². The number of alkyl halides is 2.